The van der Waals surface area contributed by atoms with Gasteiger partial charge in [-0.2, -0.15) is 5.26 Å². The molecule has 1 aliphatic carbocycles. The molecular weight excluding hydrogens is 348 g/mol. The number of rotatable bonds is 4. The van der Waals surface area contributed by atoms with Crippen LogP contribution in [-0.4, -0.2) is 22.6 Å². The first-order chi connectivity index (χ1) is 12.3. The number of carbonyl (C=O) groups is 2. The number of thioether (sulfide) groups is 1. The minimum absolute atomic E-state index is 0.0487. The van der Waals surface area contributed by atoms with Crippen LogP contribution in [-0.2, 0) is 9.59 Å². The van der Waals surface area contributed by atoms with E-state index in [-0.39, 0.29) is 17.0 Å². The molecule has 6 heteroatoms. The topological polar surface area (TPSA) is 90.2 Å². The summed E-state index contributed by atoms with van der Waals surface area (Å²) in [5, 5.41) is 22.6. The van der Waals surface area contributed by atoms with E-state index < -0.39 is 11.9 Å². The first-order valence-corrected chi connectivity index (χ1v) is 9.38. The van der Waals surface area contributed by atoms with Crippen LogP contribution in [0.15, 0.2) is 52.2 Å². The number of carboxylic acid groups (broad SMARTS) is 1. The van der Waals surface area contributed by atoms with Crippen molar-refractivity contribution in [3.63, 3.8) is 0 Å². The molecule has 0 unspecified atom stereocenters. The number of carbonyl (C=O) groups excluding carboxylic acids is 1. The van der Waals surface area contributed by atoms with Gasteiger partial charge in [0.15, 0.2) is 5.78 Å². The zero-order valence-corrected chi connectivity index (χ0v) is 15.5. The Morgan fingerprint density at radius 2 is 2.04 bits per heavy atom. The number of benzene rings is 1. The minimum Gasteiger partial charge on any atom is -0.481 e. The maximum Gasteiger partial charge on any atom is 0.313 e. The lowest BCUT2D eigenvalue weighted by atomic mass is 9.69. The summed E-state index contributed by atoms with van der Waals surface area (Å²) >= 11 is 1.09. The van der Waals surface area contributed by atoms with Crippen molar-refractivity contribution in [2.75, 3.05) is 5.75 Å². The Labute approximate surface area is 156 Å². The van der Waals surface area contributed by atoms with Gasteiger partial charge in [-0.3, -0.25) is 9.59 Å². The number of allylic oxidation sites excluding steroid dienone is 3. The molecule has 0 saturated heterocycles. The zero-order valence-electron chi connectivity index (χ0n) is 14.7. The normalized spacial score (nSPS) is 21.7. The Morgan fingerprint density at radius 3 is 2.65 bits per heavy atom. The first-order valence-electron chi connectivity index (χ1n) is 8.39. The molecule has 0 fully saturated rings. The van der Waals surface area contributed by atoms with E-state index in [1.807, 2.05) is 44.2 Å². The van der Waals surface area contributed by atoms with Crippen LogP contribution in [0.5, 0.6) is 0 Å². The summed E-state index contributed by atoms with van der Waals surface area (Å²) in [4.78, 5) is 23.9. The molecule has 0 bridgehead atoms. The lowest BCUT2D eigenvalue weighted by Gasteiger charge is -2.39. The number of nitrogens with zero attached hydrogens (tertiary/aromatic N) is 1. The second-order valence-corrected chi connectivity index (χ2v) is 8.32. The van der Waals surface area contributed by atoms with Gasteiger partial charge in [-0.1, -0.05) is 55.9 Å². The number of aliphatic carboxylic acids is 1. The van der Waals surface area contributed by atoms with Crippen molar-refractivity contribution in [2.24, 2.45) is 5.41 Å². The van der Waals surface area contributed by atoms with Gasteiger partial charge in [0.05, 0.1) is 28.3 Å². The Hall–Kier alpha value is -2.52. The Balaban J connectivity index is 2.13. The standard InChI is InChI=1S/C20H20N2O3S/c1-20(2)8-14-18(15(23)9-20)17(12-6-4-3-5-7-12)13(10-21)19(22-14)26-11-16(24)25/h3-7,17,22H,8-9,11H2,1-2H3,(H,24,25)/t17-/m0/s1. The number of nitriles is 1. The second-order valence-electron chi connectivity index (χ2n) is 7.34. The lowest BCUT2D eigenvalue weighted by Crippen LogP contribution is -2.37. The molecule has 1 aliphatic heterocycles. The Kier molecular flexibility index (Phi) is 4.92. The second kappa shape index (κ2) is 7.00. The minimum atomic E-state index is -0.947. The maximum absolute atomic E-state index is 12.9. The summed E-state index contributed by atoms with van der Waals surface area (Å²) in [5.74, 6) is -1.49. The summed E-state index contributed by atoms with van der Waals surface area (Å²) in [6, 6.07) is 11.7. The number of hydrogen-bond acceptors (Lipinski definition) is 5. The molecule has 0 amide bonds. The summed E-state index contributed by atoms with van der Waals surface area (Å²) in [6.45, 7) is 4.09. The molecule has 134 valence electrons. The van der Waals surface area contributed by atoms with Crippen LogP contribution in [0.3, 0.4) is 0 Å². The van der Waals surface area contributed by atoms with Gasteiger partial charge in [0.1, 0.15) is 0 Å². The van der Waals surface area contributed by atoms with E-state index in [4.69, 9.17) is 5.11 Å². The van der Waals surface area contributed by atoms with Gasteiger partial charge in [-0.15, -0.1) is 0 Å². The molecule has 26 heavy (non-hydrogen) atoms. The molecule has 1 heterocycles. The SMILES string of the molecule is CC1(C)CC(=O)C2=C(C1)NC(SCC(=O)O)=C(C#N)[C@@H]2c1ccccc1. The van der Waals surface area contributed by atoms with Gasteiger partial charge in [-0.05, 0) is 17.4 Å². The summed E-state index contributed by atoms with van der Waals surface area (Å²) in [6.07, 6.45) is 1.13. The molecule has 1 aromatic carbocycles. The molecule has 2 aliphatic rings. The number of Topliss-reactive ketones (excluding diaryl/α,β-unsaturated/α-hetero) is 1. The van der Waals surface area contributed by atoms with Crippen LogP contribution < -0.4 is 5.32 Å². The monoisotopic (exact) mass is 368 g/mol. The van der Waals surface area contributed by atoms with Gasteiger partial charge in [0.25, 0.3) is 0 Å². The van der Waals surface area contributed by atoms with Crippen LogP contribution in [0.25, 0.3) is 0 Å². The van der Waals surface area contributed by atoms with Crippen molar-refractivity contribution in [1.82, 2.24) is 5.32 Å². The van der Waals surface area contributed by atoms with Crippen LogP contribution in [0.2, 0.25) is 0 Å². The molecule has 0 spiro atoms. The molecule has 3 rings (SSSR count). The van der Waals surface area contributed by atoms with E-state index in [0.29, 0.717) is 29.0 Å². The van der Waals surface area contributed by atoms with Crippen molar-refractivity contribution in [2.45, 2.75) is 32.6 Å². The molecule has 0 radical (unpaired) electrons. The van der Waals surface area contributed by atoms with Crippen molar-refractivity contribution < 1.29 is 14.7 Å². The fraction of sp³-hybridized carbons (Fsp3) is 0.350. The van der Waals surface area contributed by atoms with Crippen LogP contribution in [0, 0.1) is 16.7 Å². The highest BCUT2D eigenvalue weighted by Gasteiger charge is 2.41. The smallest absolute Gasteiger partial charge is 0.313 e. The summed E-state index contributed by atoms with van der Waals surface area (Å²) in [5.41, 5.74) is 2.57. The van der Waals surface area contributed by atoms with Crippen LogP contribution in [0.4, 0.5) is 0 Å². The number of hydrogen-bond donors (Lipinski definition) is 2. The third-order valence-electron chi connectivity index (χ3n) is 4.60. The number of dihydropyridines is 1. The van der Waals surface area contributed by atoms with Gasteiger partial charge in [0.2, 0.25) is 0 Å². The highest BCUT2D eigenvalue weighted by Crippen LogP contribution is 2.47. The lowest BCUT2D eigenvalue weighted by molar-refractivity contribution is -0.133. The van der Waals surface area contributed by atoms with Crippen molar-refractivity contribution in [3.8, 4) is 6.07 Å². The molecule has 0 saturated carbocycles. The van der Waals surface area contributed by atoms with Gasteiger partial charge < -0.3 is 10.4 Å². The molecule has 2 N–H and O–H groups in total. The van der Waals surface area contributed by atoms with E-state index in [9.17, 15) is 14.9 Å². The van der Waals surface area contributed by atoms with Gasteiger partial charge in [-0.25, -0.2) is 0 Å². The van der Waals surface area contributed by atoms with Crippen molar-refractivity contribution >= 4 is 23.5 Å². The van der Waals surface area contributed by atoms with Crippen molar-refractivity contribution in [3.05, 3.63) is 57.8 Å². The zero-order chi connectivity index (χ0) is 18.9. The Bertz CT molecular complexity index is 863. The molecule has 1 aromatic rings. The Morgan fingerprint density at radius 1 is 1.35 bits per heavy atom. The van der Waals surface area contributed by atoms with E-state index in [2.05, 4.69) is 11.4 Å². The summed E-state index contributed by atoms with van der Waals surface area (Å²) < 4.78 is 0. The number of ketones is 1. The largest absolute Gasteiger partial charge is 0.481 e. The quantitative estimate of drug-likeness (QED) is 0.844. The average Bonchev–Trinajstić information content (AvgIpc) is 2.58. The fourth-order valence-electron chi connectivity index (χ4n) is 3.60. The van der Waals surface area contributed by atoms with E-state index >= 15 is 0 Å². The average molecular weight is 368 g/mol. The fourth-order valence-corrected chi connectivity index (χ4v) is 4.39. The van der Waals surface area contributed by atoms with Crippen molar-refractivity contribution in [1.29, 1.82) is 5.26 Å². The predicted molar refractivity (Wildman–Crippen MR) is 100 cm³/mol. The van der Waals surface area contributed by atoms with Gasteiger partial charge >= 0.3 is 5.97 Å². The highest BCUT2D eigenvalue weighted by atomic mass is 32.2. The molecule has 1 atom stereocenters. The molecule has 0 aromatic heterocycles. The van der Waals surface area contributed by atoms with Crippen LogP contribution in [0.1, 0.15) is 38.2 Å². The third kappa shape index (κ3) is 3.54. The summed E-state index contributed by atoms with van der Waals surface area (Å²) in [7, 11) is 0. The maximum atomic E-state index is 12.9. The van der Waals surface area contributed by atoms with E-state index in [1.54, 1.807) is 0 Å². The van der Waals surface area contributed by atoms with Gasteiger partial charge in [0, 0.05) is 17.7 Å². The van der Waals surface area contributed by atoms with E-state index in [0.717, 1.165) is 23.0 Å². The third-order valence-corrected chi connectivity index (χ3v) is 5.60. The first kappa shape index (κ1) is 18.3. The number of carboxylic acids is 1. The number of nitrogens with one attached hydrogen (secondary N) is 1. The highest BCUT2D eigenvalue weighted by molar-refractivity contribution is 8.03. The molecular formula is C20H20N2O3S. The predicted octanol–water partition coefficient (Wildman–Crippen LogP) is 3.57. The van der Waals surface area contributed by atoms with E-state index in [1.165, 1.54) is 0 Å². The van der Waals surface area contributed by atoms with Crippen LogP contribution >= 0.6 is 11.8 Å². The molecule has 5 nitrogen and oxygen atoms in total.